The maximum absolute atomic E-state index is 13.1. The van der Waals surface area contributed by atoms with Crippen molar-refractivity contribution in [1.29, 1.82) is 0 Å². The highest BCUT2D eigenvalue weighted by Gasteiger charge is 2.33. The summed E-state index contributed by atoms with van der Waals surface area (Å²) >= 11 is 0. The smallest absolute Gasteiger partial charge is 0.138 e. The van der Waals surface area contributed by atoms with Gasteiger partial charge in [-0.3, -0.25) is 4.90 Å². The quantitative estimate of drug-likeness (QED) is 0.944. The summed E-state index contributed by atoms with van der Waals surface area (Å²) in [5.74, 6) is 0.571. The van der Waals surface area contributed by atoms with Crippen LogP contribution in [0.25, 0.3) is 0 Å². The second kappa shape index (κ2) is 5.58. The highest BCUT2D eigenvalue weighted by atomic mass is 19.1. The van der Waals surface area contributed by atoms with E-state index in [1.54, 1.807) is 12.1 Å². The number of hydrogen-bond donors (Lipinski definition) is 1. The molecule has 1 aliphatic heterocycles. The molecule has 0 saturated carbocycles. The van der Waals surface area contributed by atoms with Gasteiger partial charge in [0.2, 0.25) is 0 Å². The third kappa shape index (κ3) is 2.84. The van der Waals surface area contributed by atoms with Crippen molar-refractivity contribution in [2.24, 2.45) is 0 Å². The molecular weight excluding hydrogens is 271 g/mol. The third-order valence-electron chi connectivity index (χ3n) is 4.18. The first-order valence-corrected chi connectivity index (χ1v) is 7.14. The fourth-order valence-electron chi connectivity index (χ4n) is 3.02. The normalized spacial score (nSPS) is 22.9. The lowest BCUT2D eigenvalue weighted by atomic mass is 10.0. The van der Waals surface area contributed by atoms with Crippen molar-refractivity contribution in [1.82, 2.24) is 10.1 Å². The van der Waals surface area contributed by atoms with E-state index in [2.05, 4.69) is 10.1 Å². The van der Waals surface area contributed by atoms with Crippen molar-refractivity contribution in [2.75, 3.05) is 6.54 Å². The van der Waals surface area contributed by atoms with Crippen LogP contribution in [-0.4, -0.2) is 27.8 Å². The second-order valence-corrected chi connectivity index (χ2v) is 5.69. The maximum Gasteiger partial charge on any atom is 0.138 e. The van der Waals surface area contributed by atoms with Gasteiger partial charge in [-0.15, -0.1) is 0 Å². The van der Waals surface area contributed by atoms with Crippen LogP contribution < -0.4 is 0 Å². The van der Waals surface area contributed by atoms with Crippen LogP contribution in [-0.2, 0) is 6.54 Å². The zero-order valence-electron chi connectivity index (χ0n) is 12.2. The maximum atomic E-state index is 13.1. The van der Waals surface area contributed by atoms with Crippen molar-refractivity contribution >= 4 is 0 Å². The molecule has 5 heteroatoms. The molecule has 0 aliphatic carbocycles. The molecule has 1 aromatic heterocycles. The molecule has 1 N–H and O–H groups in total. The number of hydrogen-bond acceptors (Lipinski definition) is 4. The third-order valence-corrected chi connectivity index (χ3v) is 4.18. The lowest BCUT2D eigenvalue weighted by Gasteiger charge is -2.24. The molecule has 2 atom stereocenters. The van der Waals surface area contributed by atoms with Gasteiger partial charge in [0, 0.05) is 24.7 Å². The Labute approximate surface area is 123 Å². The van der Waals surface area contributed by atoms with E-state index >= 15 is 0 Å². The topological polar surface area (TPSA) is 49.5 Å². The molecule has 0 bridgehead atoms. The largest absolute Gasteiger partial charge is 0.392 e. The first kappa shape index (κ1) is 14.2. The van der Waals surface area contributed by atoms with Gasteiger partial charge in [0.05, 0.1) is 11.8 Å². The summed E-state index contributed by atoms with van der Waals surface area (Å²) in [6, 6.07) is 6.60. The monoisotopic (exact) mass is 290 g/mol. The zero-order chi connectivity index (χ0) is 15.0. The van der Waals surface area contributed by atoms with Crippen LogP contribution in [0, 0.1) is 19.7 Å². The molecule has 112 valence electrons. The Balaban J connectivity index is 1.84. The van der Waals surface area contributed by atoms with Crippen LogP contribution in [0.3, 0.4) is 0 Å². The van der Waals surface area contributed by atoms with E-state index < -0.39 is 0 Å². The van der Waals surface area contributed by atoms with E-state index in [1.807, 2.05) is 13.8 Å². The lowest BCUT2D eigenvalue weighted by molar-refractivity contribution is 0.172. The van der Waals surface area contributed by atoms with Crippen LogP contribution in [0.5, 0.6) is 0 Å². The standard InChI is InChI=1S/C16H19FN2O2/c1-10-15(11(2)21-18-10)9-19-8-14(20)7-16(19)12-3-5-13(17)6-4-12/h3-6,14,16,20H,7-9H2,1-2H3/t14-,16-/m0/s1. The molecule has 21 heavy (non-hydrogen) atoms. The van der Waals surface area contributed by atoms with Gasteiger partial charge in [-0.1, -0.05) is 17.3 Å². The SMILES string of the molecule is Cc1noc(C)c1CN1C[C@@H](O)C[C@H]1c1ccc(F)cc1. The van der Waals surface area contributed by atoms with Gasteiger partial charge in [-0.25, -0.2) is 4.39 Å². The van der Waals surface area contributed by atoms with Crippen LogP contribution in [0.2, 0.25) is 0 Å². The Morgan fingerprint density at radius 2 is 2.05 bits per heavy atom. The van der Waals surface area contributed by atoms with Crippen LogP contribution in [0.15, 0.2) is 28.8 Å². The van der Waals surface area contributed by atoms with Crippen LogP contribution >= 0.6 is 0 Å². The summed E-state index contributed by atoms with van der Waals surface area (Å²) in [6.45, 7) is 5.10. The Hall–Kier alpha value is -1.72. The number of benzene rings is 1. The fourth-order valence-corrected chi connectivity index (χ4v) is 3.02. The molecule has 1 saturated heterocycles. The minimum Gasteiger partial charge on any atom is -0.392 e. The first-order valence-electron chi connectivity index (χ1n) is 7.14. The first-order chi connectivity index (χ1) is 10.0. The Bertz CT molecular complexity index is 604. The number of halogens is 1. The van der Waals surface area contributed by atoms with Crippen molar-refractivity contribution in [3.05, 3.63) is 52.7 Å². The average Bonchev–Trinajstić information content (AvgIpc) is 2.97. The number of aliphatic hydroxyl groups excluding tert-OH is 1. The highest BCUT2D eigenvalue weighted by Crippen LogP contribution is 2.34. The van der Waals surface area contributed by atoms with Crippen molar-refractivity contribution in [2.45, 2.75) is 39.0 Å². The van der Waals surface area contributed by atoms with Crippen molar-refractivity contribution in [3.63, 3.8) is 0 Å². The molecule has 0 radical (unpaired) electrons. The number of rotatable bonds is 3. The van der Waals surface area contributed by atoms with E-state index in [9.17, 15) is 9.50 Å². The van der Waals surface area contributed by atoms with Gasteiger partial charge in [0.15, 0.2) is 0 Å². The summed E-state index contributed by atoms with van der Waals surface area (Å²) in [5, 5.41) is 14.0. The molecule has 3 rings (SSSR count). The van der Waals surface area contributed by atoms with E-state index in [4.69, 9.17) is 4.52 Å². The summed E-state index contributed by atoms with van der Waals surface area (Å²) in [5.41, 5.74) is 2.97. The molecule has 2 aromatic rings. The predicted molar refractivity (Wildman–Crippen MR) is 76.2 cm³/mol. The number of nitrogens with zero attached hydrogens (tertiary/aromatic N) is 2. The molecule has 0 spiro atoms. The van der Waals surface area contributed by atoms with Gasteiger partial charge in [0.25, 0.3) is 0 Å². The summed E-state index contributed by atoms with van der Waals surface area (Å²) in [4.78, 5) is 2.20. The average molecular weight is 290 g/mol. The minimum atomic E-state index is -0.361. The van der Waals surface area contributed by atoms with Gasteiger partial charge < -0.3 is 9.63 Å². The van der Waals surface area contributed by atoms with Gasteiger partial charge in [0.1, 0.15) is 11.6 Å². The van der Waals surface area contributed by atoms with Crippen molar-refractivity contribution in [3.8, 4) is 0 Å². The second-order valence-electron chi connectivity index (χ2n) is 5.69. The summed E-state index contributed by atoms with van der Waals surface area (Å²) in [7, 11) is 0. The van der Waals surface area contributed by atoms with Gasteiger partial charge >= 0.3 is 0 Å². The number of aromatic nitrogens is 1. The van der Waals surface area contributed by atoms with Crippen molar-refractivity contribution < 1.29 is 14.0 Å². The van der Waals surface area contributed by atoms with E-state index in [0.717, 1.165) is 22.6 Å². The molecule has 4 nitrogen and oxygen atoms in total. The zero-order valence-corrected chi connectivity index (χ0v) is 12.2. The highest BCUT2D eigenvalue weighted by molar-refractivity contribution is 5.24. The molecule has 1 aliphatic rings. The Morgan fingerprint density at radius 1 is 1.33 bits per heavy atom. The van der Waals surface area contributed by atoms with Crippen LogP contribution in [0.4, 0.5) is 4.39 Å². The lowest BCUT2D eigenvalue weighted by Crippen LogP contribution is -2.24. The number of aryl methyl sites for hydroxylation is 2. The van der Waals surface area contributed by atoms with E-state index in [-0.39, 0.29) is 18.0 Å². The number of β-amino-alcohol motifs (C(OH)–C–C–N with tert-alkyl or cyclic N) is 1. The molecule has 2 heterocycles. The fraction of sp³-hybridized carbons (Fsp3) is 0.438. The molecular formula is C16H19FN2O2. The van der Waals surface area contributed by atoms with Gasteiger partial charge in [-0.05, 0) is 38.0 Å². The predicted octanol–water partition coefficient (Wildman–Crippen LogP) is 2.74. The Morgan fingerprint density at radius 3 is 2.67 bits per heavy atom. The molecule has 0 amide bonds. The summed E-state index contributed by atoms with van der Waals surface area (Å²) < 4.78 is 18.3. The van der Waals surface area contributed by atoms with Crippen LogP contribution in [0.1, 0.15) is 35.0 Å². The van der Waals surface area contributed by atoms with E-state index in [0.29, 0.717) is 19.5 Å². The number of aliphatic hydroxyl groups is 1. The summed E-state index contributed by atoms with van der Waals surface area (Å²) in [6.07, 6.45) is 0.301. The van der Waals surface area contributed by atoms with E-state index in [1.165, 1.54) is 12.1 Å². The molecule has 1 aromatic carbocycles. The molecule has 0 unspecified atom stereocenters. The molecule has 1 fully saturated rings. The Kier molecular flexibility index (Phi) is 3.78. The number of likely N-dealkylation sites (tertiary alicyclic amines) is 1. The van der Waals surface area contributed by atoms with Gasteiger partial charge in [-0.2, -0.15) is 0 Å². The minimum absolute atomic E-state index is 0.0919.